The zero-order valence-corrected chi connectivity index (χ0v) is 14.6. The van der Waals surface area contributed by atoms with E-state index >= 15 is 0 Å². The molecule has 2 aromatic heterocycles. The van der Waals surface area contributed by atoms with Crippen molar-refractivity contribution in [1.29, 1.82) is 0 Å². The number of amides is 1. The number of ether oxygens (including phenoxy) is 1. The lowest BCUT2D eigenvalue weighted by Gasteiger charge is -2.06. The average molecular weight is 389 g/mol. The topological polar surface area (TPSA) is 65.2 Å². The number of nitrogens with two attached hydrogens (primary N) is 1. The summed E-state index contributed by atoms with van der Waals surface area (Å²) in [6.07, 6.45) is 5.24. The van der Waals surface area contributed by atoms with Gasteiger partial charge in [0.25, 0.3) is 0 Å². The molecule has 0 unspecified atom stereocenters. The smallest absolute Gasteiger partial charge is 0.244 e. The second kappa shape index (κ2) is 6.52. The Balaban J connectivity index is 1.98. The maximum absolute atomic E-state index is 11.2. The summed E-state index contributed by atoms with van der Waals surface area (Å²) < 4.78 is 7.90. The van der Waals surface area contributed by atoms with Crippen molar-refractivity contribution in [3.8, 4) is 11.5 Å². The normalized spacial score (nSPS) is 11.7. The number of hydrogen-bond donors (Lipinski definition) is 1. The number of rotatable bonds is 4. The number of hydrogen-bond acceptors (Lipinski definition) is 4. The summed E-state index contributed by atoms with van der Waals surface area (Å²) in [5.74, 6) is 0.989. The van der Waals surface area contributed by atoms with E-state index in [-0.39, 0.29) is 0 Å². The summed E-state index contributed by atoms with van der Waals surface area (Å²) in [6, 6.07) is 9.57. The summed E-state index contributed by atoms with van der Waals surface area (Å²) in [4.78, 5) is 16.3. The Morgan fingerprint density at radius 2 is 2.04 bits per heavy atom. The standard InChI is InChI=1S/C17H13BrN2O2S/c1-10(17(19)21)6-13-7-14-15(8-20-9-16(14)23-13)22-12-4-2-11(18)3-5-12/h2-9H,1H3,(H2,19,21)/b10-6+. The molecule has 0 aliphatic heterocycles. The third-order valence-electron chi connectivity index (χ3n) is 3.22. The number of pyridine rings is 1. The lowest BCUT2D eigenvalue weighted by Crippen LogP contribution is -2.11. The van der Waals surface area contributed by atoms with E-state index in [2.05, 4.69) is 20.9 Å². The van der Waals surface area contributed by atoms with E-state index in [0.29, 0.717) is 11.3 Å². The molecule has 116 valence electrons. The molecule has 0 fully saturated rings. The number of thiophene rings is 1. The SMILES string of the molecule is C/C(=C\c1cc2c(Oc3ccc(Br)cc3)cncc2s1)C(N)=O. The van der Waals surface area contributed by atoms with Gasteiger partial charge in [-0.15, -0.1) is 11.3 Å². The Kier molecular flexibility index (Phi) is 4.45. The molecular formula is C17H13BrN2O2S. The van der Waals surface area contributed by atoms with Crippen LogP contribution >= 0.6 is 27.3 Å². The van der Waals surface area contributed by atoms with E-state index in [9.17, 15) is 4.79 Å². The molecule has 0 radical (unpaired) electrons. The molecule has 1 amide bonds. The van der Waals surface area contributed by atoms with E-state index in [1.54, 1.807) is 25.4 Å². The first-order chi connectivity index (χ1) is 11.0. The number of nitrogens with zero attached hydrogens (tertiary/aromatic N) is 1. The number of carbonyl (C=O) groups is 1. The van der Waals surface area contributed by atoms with Gasteiger partial charge in [0.15, 0.2) is 5.75 Å². The lowest BCUT2D eigenvalue weighted by atomic mass is 10.2. The van der Waals surface area contributed by atoms with Crippen molar-refractivity contribution in [3.63, 3.8) is 0 Å². The molecule has 0 aliphatic rings. The fourth-order valence-corrected chi connectivity index (χ4v) is 3.34. The van der Waals surface area contributed by atoms with Gasteiger partial charge in [-0.3, -0.25) is 9.78 Å². The number of halogens is 1. The fraction of sp³-hybridized carbons (Fsp3) is 0.0588. The van der Waals surface area contributed by atoms with E-state index in [0.717, 1.165) is 25.2 Å². The Morgan fingerprint density at radius 3 is 2.74 bits per heavy atom. The van der Waals surface area contributed by atoms with Gasteiger partial charge < -0.3 is 10.5 Å². The van der Waals surface area contributed by atoms with E-state index in [1.165, 1.54) is 11.3 Å². The van der Waals surface area contributed by atoms with Crippen molar-refractivity contribution in [2.24, 2.45) is 5.73 Å². The average Bonchev–Trinajstić information content (AvgIpc) is 2.93. The van der Waals surface area contributed by atoms with Crippen molar-refractivity contribution in [1.82, 2.24) is 4.98 Å². The van der Waals surface area contributed by atoms with Crippen LogP contribution in [0.1, 0.15) is 11.8 Å². The van der Waals surface area contributed by atoms with Crippen LogP contribution in [0.2, 0.25) is 0 Å². The molecule has 0 bridgehead atoms. The molecule has 23 heavy (non-hydrogen) atoms. The van der Waals surface area contributed by atoms with Gasteiger partial charge in [-0.25, -0.2) is 0 Å². The molecule has 1 aromatic carbocycles. The van der Waals surface area contributed by atoms with Crippen LogP contribution in [0, 0.1) is 0 Å². The molecule has 0 spiro atoms. The summed E-state index contributed by atoms with van der Waals surface area (Å²) in [5, 5.41) is 0.955. The maximum atomic E-state index is 11.2. The first kappa shape index (κ1) is 15.7. The summed E-state index contributed by atoms with van der Waals surface area (Å²) in [7, 11) is 0. The lowest BCUT2D eigenvalue weighted by molar-refractivity contribution is -0.114. The third kappa shape index (κ3) is 3.60. The zero-order chi connectivity index (χ0) is 16.4. The van der Waals surface area contributed by atoms with Crippen molar-refractivity contribution in [3.05, 3.63) is 57.6 Å². The predicted octanol–water partition coefficient (Wildman–Crippen LogP) is 4.74. The van der Waals surface area contributed by atoms with Gasteiger partial charge in [-0.2, -0.15) is 0 Å². The van der Waals surface area contributed by atoms with Gasteiger partial charge in [-0.1, -0.05) is 15.9 Å². The molecule has 0 aliphatic carbocycles. The van der Waals surface area contributed by atoms with Gasteiger partial charge in [-0.05, 0) is 43.3 Å². The van der Waals surface area contributed by atoms with Crippen LogP contribution in [0.15, 0.2) is 52.8 Å². The Hall–Kier alpha value is -2.18. The number of fused-ring (bicyclic) bond motifs is 1. The molecular weight excluding hydrogens is 376 g/mol. The second-order valence-corrected chi connectivity index (χ2v) is 6.98. The molecule has 4 nitrogen and oxygen atoms in total. The van der Waals surface area contributed by atoms with Crippen LogP contribution in [-0.2, 0) is 4.79 Å². The fourth-order valence-electron chi connectivity index (χ4n) is 2.02. The van der Waals surface area contributed by atoms with Gasteiger partial charge in [0, 0.05) is 26.5 Å². The van der Waals surface area contributed by atoms with Crippen molar-refractivity contribution in [2.45, 2.75) is 6.92 Å². The summed E-state index contributed by atoms with van der Waals surface area (Å²) >= 11 is 4.93. The first-order valence-corrected chi connectivity index (χ1v) is 8.43. The summed E-state index contributed by atoms with van der Waals surface area (Å²) in [5.41, 5.74) is 5.79. The highest BCUT2D eigenvalue weighted by atomic mass is 79.9. The Labute approximate surface area is 145 Å². The van der Waals surface area contributed by atoms with Crippen LogP contribution in [0.4, 0.5) is 0 Å². The predicted molar refractivity (Wildman–Crippen MR) is 96.7 cm³/mol. The van der Waals surface area contributed by atoms with Gasteiger partial charge in [0.1, 0.15) is 5.75 Å². The van der Waals surface area contributed by atoms with Crippen LogP contribution < -0.4 is 10.5 Å². The minimum absolute atomic E-state index is 0.424. The Morgan fingerprint density at radius 1 is 1.30 bits per heavy atom. The minimum Gasteiger partial charge on any atom is -0.455 e. The van der Waals surface area contributed by atoms with Crippen LogP contribution in [0.25, 0.3) is 16.2 Å². The number of carbonyl (C=O) groups excluding carboxylic acids is 1. The van der Waals surface area contributed by atoms with Crippen molar-refractivity contribution >= 4 is 49.3 Å². The maximum Gasteiger partial charge on any atom is 0.244 e. The molecule has 6 heteroatoms. The van der Waals surface area contributed by atoms with Gasteiger partial charge in [0.2, 0.25) is 5.91 Å². The largest absolute Gasteiger partial charge is 0.455 e. The van der Waals surface area contributed by atoms with Crippen LogP contribution in [0.5, 0.6) is 11.5 Å². The van der Waals surface area contributed by atoms with Gasteiger partial charge in [0.05, 0.1) is 10.9 Å². The molecule has 0 saturated heterocycles. The second-order valence-electron chi connectivity index (χ2n) is 4.95. The zero-order valence-electron chi connectivity index (χ0n) is 12.2. The highest BCUT2D eigenvalue weighted by Crippen LogP contribution is 2.35. The molecule has 3 aromatic rings. The molecule has 0 saturated carbocycles. The highest BCUT2D eigenvalue weighted by Gasteiger charge is 2.09. The highest BCUT2D eigenvalue weighted by molar-refractivity contribution is 9.10. The quantitative estimate of drug-likeness (QED) is 0.656. The minimum atomic E-state index is -0.424. The van der Waals surface area contributed by atoms with E-state index < -0.39 is 5.91 Å². The number of primary amides is 1. The monoisotopic (exact) mass is 388 g/mol. The molecule has 2 N–H and O–H groups in total. The molecule has 0 atom stereocenters. The molecule has 2 heterocycles. The summed E-state index contributed by atoms with van der Waals surface area (Å²) in [6.45, 7) is 1.70. The van der Waals surface area contributed by atoms with Crippen LogP contribution in [-0.4, -0.2) is 10.9 Å². The number of aromatic nitrogens is 1. The van der Waals surface area contributed by atoms with Gasteiger partial charge >= 0.3 is 0 Å². The first-order valence-electron chi connectivity index (χ1n) is 6.82. The third-order valence-corrected chi connectivity index (χ3v) is 4.76. The van der Waals surface area contributed by atoms with Crippen molar-refractivity contribution < 1.29 is 9.53 Å². The van der Waals surface area contributed by atoms with E-state index in [1.807, 2.05) is 30.3 Å². The number of benzene rings is 1. The van der Waals surface area contributed by atoms with Crippen LogP contribution in [0.3, 0.4) is 0 Å². The molecule has 3 rings (SSSR count). The van der Waals surface area contributed by atoms with Crippen molar-refractivity contribution in [2.75, 3.05) is 0 Å². The van der Waals surface area contributed by atoms with E-state index in [4.69, 9.17) is 10.5 Å². The Bertz CT molecular complexity index is 901.